The average molecular weight is 321 g/mol. The number of benzene rings is 2. The average Bonchev–Trinajstić information content (AvgIpc) is 2.43. The first kappa shape index (κ1) is 13.4. The normalized spacial score (nSPS) is 10.6. The number of hydrazone groups is 1. The van der Waals surface area contributed by atoms with E-state index >= 15 is 0 Å². The Hall–Kier alpha value is -2.01. The number of halogens is 1. The Kier molecular flexibility index (Phi) is 4.41. The Morgan fingerprint density at radius 2 is 1.95 bits per heavy atom. The van der Waals surface area contributed by atoms with Gasteiger partial charge in [0.15, 0.2) is 11.5 Å². The molecule has 0 amide bonds. The van der Waals surface area contributed by atoms with E-state index in [1.54, 1.807) is 24.4 Å². The number of phenolic OH excluding ortho intramolecular Hbond substituents is 1. The van der Waals surface area contributed by atoms with E-state index in [1.807, 2.05) is 24.3 Å². The third kappa shape index (κ3) is 3.72. The molecule has 4 nitrogen and oxygen atoms in total. The highest BCUT2D eigenvalue weighted by Crippen LogP contribution is 2.25. The Bertz CT molecular complexity index is 582. The lowest BCUT2D eigenvalue weighted by molar-refractivity contribution is 0.373. The van der Waals surface area contributed by atoms with Crippen LogP contribution in [0.5, 0.6) is 11.5 Å². The van der Waals surface area contributed by atoms with E-state index < -0.39 is 0 Å². The first-order chi connectivity index (χ1) is 9.19. The Labute approximate surface area is 119 Å². The summed E-state index contributed by atoms with van der Waals surface area (Å²) in [4.78, 5) is 0. The second-order valence-corrected chi connectivity index (χ2v) is 4.72. The second-order valence-electron chi connectivity index (χ2n) is 3.81. The van der Waals surface area contributed by atoms with E-state index in [4.69, 9.17) is 4.74 Å². The maximum absolute atomic E-state index is 9.47. The molecule has 5 heteroatoms. The zero-order valence-electron chi connectivity index (χ0n) is 10.3. The largest absolute Gasteiger partial charge is 0.504 e. The maximum Gasteiger partial charge on any atom is 0.161 e. The first-order valence-corrected chi connectivity index (χ1v) is 6.40. The first-order valence-electron chi connectivity index (χ1n) is 5.60. The molecular formula is C14H13BrN2O2. The molecule has 0 heterocycles. The van der Waals surface area contributed by atoms with Crippen LogP contribution in [0.25, 0.3) is 0 Å². The number of phenols is 1. The van der Waals surface area contributed by atoms with Gasteiger partial charge in [-0.1, -0.05) is 15.9 Å². The van der Waals surface area contributed by atoms with E-state index in [2.05, 4.69) is 26.5 Å². The minimum Gasteiger partial charge on any atom is -0.504 e. The molecule has 0 fully saturated rings. The number of aromatic hydroxyl groups is 1. The summed E-state index contributed by atoms with van der Waals surface area (Å²) in [5, 5.41) is 13.6. The van der Waals surface area contributed by atoms with Crippen molar-refractivity contribution >= 4 is 27.8 Å². The minimum atomic E-state index is 0.112. The van der Waals surface area contributed by atoms with Crippen LogP contribution in [-0.4, -0.2) is 18.4 Å². The lowest BCUT2D eigenvalue weighted by Gasteiger charge is -2.03. The molecule has 0 saturated carbocycles. The predicted octanol–water partition coefficient (Wildman–Crippen LogP) is 3.61. The van der Waals surface area contributed by atoms with Crippen LogP contribution in [0.4, 0.5) is 5.69 Å². The molecule has 0 radical (unpaired) electrons. The van der Waals surface area contributed by atoms with Crippen LogP contribution >= 0.6 is 15.9 Å². The van der Waals surface area contributed by atoms with Gasteiger partial charge < -0.3 is 9.84 Å². The maximum atomic E-state index is 9.47. The molecule has 0 unspecified atom stereocenters. The SMILES string of the molecule is COc1cc(C=NNc2ccc(Br)cc2)ccc1O. The van der Waals surface area contributed by atoms with Gasteiger partial charge in [-0.05, 0) is 48.0 Å². The van der Waals surface area contributed by atoms with Crippen molar-refractivity contribution in [2.75, 3.05) is 12.5 Å². The zero-order valence-corrected chi connectivity index (χ0v) is 11.9. The molecule has 98 valence electrons. The molecule has 2 rings (SSSR count). The molecule has 2 aromatic carbocycles. The highest BCUT2D eigenvalue weighted by Gasteiger charge is 2.00. The van der Waals surface area contributed by atoms with E-state index in [9.17, 15) is 5.11 Å². The van der Waals surface area contributed by atoms with Crippen molar-refractivity contribution < 1.29 is 9.84 Å². The van der Waals surface area contributed by atoms with Gasteiger partial charge >= 0.3 is 0 Å². The van der Waals surface area contributed by atoms with Crippen molar-refractivity contribution in [1.82, 2.24) is 0 Å². The molecule has 0 aliphatic rings. The number of hydrogen-bond acceptors (Lipinski definition) is 4. The number of nitrogens with zero attached hydrogens (tertiary/aromatic N) is 1. The summed E-state index contributed by atoms with van der Waals surface area (Å²) in [6.45, 7) is 0. The topological polar surface area (TPSA) is 53.8 Å². The van der Waals surface area contributed by atoms with Gasteiger partial charge in [-0.3, -0.25) is 5.43 Å². The Morgan fingerprint density at radius 1 is 1.21 bits per heavy atom. The number of ether oxygens (including phenoxy) is 1. The molecule has 0 atom stereocenters. The van der Waals surface area contributed by atoms with Gasteiger partial charge in [0.1, 0.15) is 0 Å². The summed E-state index contributed by atoms with van der Waals surface area (Å²) in [6, 6.07) is 12.7. The van der Waals surface area contributed by atoms with Crippen LogP contribution in [0.3, 0.4) is 0 Å². The van der Waals surface area contributed by atoms with Gasteiger partial charge in [0.05, 0.1) is 19.0 Å². The summed E-state index contributed by atoms with van der Waals surface area (Å²) in [6.07, 6.45) is 1.66. The van der Waals surface area contributed by atoms with Crippen molar-refractivity contribution in [3.63, 3.8) is 0 Å². The van der Waals surface area contributed by atoms with Gasteiger partial charge in [0, 0.05) is 4.47 Å². The second kappa shape index (κ2) is 6.24. The molecule has 2 aromatic rings. The van der Waals surface area contributed by atoms with Gasteiger partial charge in [-0.2, -0.15) is 5.10 Å². The van der Waals surface area contributed by atoms with Crippen molar-refractivity contribution in [3.8, 4) is 11.5 Å². The molecule has 0 bridgehead atoms. The lowest BCUT2D eigenvalue weighted by Crippen LogP contribution is -1.91. The minimum absolute atomic E-state index is 0.112. The fraction of sp³-hybridized carbons (Fsp3) is 0.0714. The van der Waals surface area contributed by atoms with Crippen LogP contribution in [0.2, 0.25) is 0 Å². The zero-order chi connectivity index (χ0) is 13.7. The molecule has 2 N–H and O–H groups in total. The number of hydrogen-bond donors (Lipinski definition) is 2. The van der Waals surface area contributed by atoms with Crippen LogP contribution in [-0.2, 0) is 0 Å². The van der Waals surface area contributed by atoms with E-state index in [0.29, 0.717) is 5.75 Å². The van der Waals surface area contributed by atoms with Gasteiger partial charge in [-0.25, -0.2) is 0 Å². The van der Waals surface area contributed by atoms with Crippen molar-refractivity contribution in [3.05, 3.63) is 52.5 Å². The summed E-state index contributed by atoms with van der Waals surface area (Å²) in [7, 11) is 1.51. The summed E-state index contributed by atoms with van der Waals surface area (Å²) >= 11 is 3.37. The van der Waals surface area contributed by atoms with Crippen molar-refractivity contribution in [2.45, 2.75) is 0 Å². The van der Waals surface area contributed by atoms with Crippen LogP contribution in [0, 0.1) is 0 Å². The van der Waals surface area contributed by atoms with E-state index in [1.165, 1.54) is 7.11 Å². The van der Waals surface area contributed by atoms with Gasteiger partial charge in [0.25, 0.3) is 0 Å². The third-order valence-corrected chi connectivity index (χ3v) is 2.98. The highest BCUT2D eigenvalue weighted by atomic mass is 79.9. The fourth-order valence-electron chi connectivity index (χ4n) is 1.48. The van der Waals surface area contributed by atoms with Crippen LogP contribution in [0.15, 0.2) is 52.0 Å². The molecule has 0 aromatic heterocycles. The number of rotatable bonds is 4. The standard InChI is InChI=1S/C14H13BrN2O2/c1-19-14-8-10(2-7-13(14)18)9-16-17-12-5-3-11(15)4-6-12/h2-9,17-18H,1H3. The van der Waals surface area contributed by atoms with E-state index in [0.717, 1.165) is 15.7 Å². The summed E-state index contributed by atoms with van der Waals surface area (Å²) in [5.41, 5.74) is 4.64. The predicted molar refractivity (Wildman–Crippen MR) is 80.0 cm³/mol. The van der Waals surface area contributed by atoms with Crippen LogP contribution in [0.1, 0.15) is 5.56 Å². The van der Waals surface area contributed by atoms with E-state index in [-0.39, 0.29) is 5.75 Å². The molecule has 0 aliphatic heterocycles. The number of nitrogens with one attached hydrogen (secondary N) is 1. The summed E-state index contributed by atoms with van der Waals surface area (Å²) < 4.78 is 6.04. The molecule has 19 heavy (non-hydrogen) atoms. The molecule has 0 spiro atoms. The third-order valence-electron chi connectivity index (χ3n) is 2.46. The van der Waals surface area contributed by atoms with Crippen LogP contribution < -0.4 is 10.2 Å². The van der Waals surface area contributed by atoms with Gasteiger partial charge in [0.2, 0.25) is 0 Å². The molecular weight excluding hydrogens is 308 g/mol. The fourth-order valence-corrected chi connectivity index (χ4v) is 1.74. The molecule has 0 saturated heterocycles. The Balaban J connectivity index is 2.04. The number of methoxy groups -OCH3 is 1. The Morgan fingerprint density at radius 3 is 2.63 bits per heavy atom. The number of anilines is 1. The molecule has 0 aliphatic carbocycles. The van der Waals surface area contributed by atoms with Crippen molar-refractivity contribution in [1.29, 1.82) is 0 Å². The van der Waals surface area contributed by atoms with Crippen molar-refractivity contribution in [2.24, 2.45) is 5.10 Å². The lowest BCUT2D eigenvalue weighted by atomic mass is 10.2. The smallest absolute Gasteiger partial charge is 0.161 e. The quantitative estimate of drug-likeness (QED) is 0.668. The summed E-state index contributed by atoms with van der Waals surface area (Å²) in [5.74, 6) is 0.535. The highest BCUT2D eigenvalue weighted by molar-refractivity contribution is 9.10. The monoisotopic (exact) mass is 320 g/mol. The van der Waals surface area contributed by atoms with Gasteiger partial charge in [-0.15, -0.1) is 0 Å².